The van der Waals surface area contributed by atoms with Gasteiger partial charge in [-0.3, -0.25) is 9.78 Å². The number of piperazine rings is 1. The number of amides is 1. The number of rotatable bonds is 6. The van der Waals surface area contributed by atoms with Gasteiger partial charge in [0, 0.05) is 69.5 Å². The molecule has 1 atom stereocenters. The number of halogens is 3. The van der Waals surface area contributed by atoms with Crippen molar-refractivity contribution >= 4 is 28.4 Å². The molecule has 4 heterocycles. The van der Waals surface area contributed by atoms with Crippen molar-refractivity contribution in [2.75, 3.05) is 62.6 Å². The van der Waals surface area contributed by atoms with Crippen LogP contribution in [0.4, 0.5) is 24.7 Å². The van der Waals surface area contributed by atoms with E-state index in [1.54, 1.807) is 12.4 Å². The zero-order valence-corrected chi connectivity index (χ0v) is 20.2. The lowest BCUT2D eigenvalue weighted by atomic mass is 10.1. The van der Waals surface area contributed by atoms with Crippen molar-refractivity contribution in [2.45, 2.75) is 18.7 Å². The van der Waals surface area contributed by atoms with Gasteiger partial charge in [-0.05, 0) is 18.2 Å². The van der Waals surface area contributed by atoms with E-state index < -0.39 is 18.5 Å². The van der Waals surface area contributed by atoms with E-state index in [0.717, 1.165) is 35.6 Å². The van der Waals surface area contributed by atoms with Crippen molar-refractivity contribution in [1.29, 1.82) is 0 Å². The van der Waals surface area contributed by atoms with E-state index in [1.165, 1.54) is 4.90 Å². The van der Waals surface area contributed by atoms with Crippen LogP contribution < -0.4 is 15.5 Å². The molecule has 9 nitrogen and oxygen atoms in total. The molecule has 2 aliphatic rings. The van der Waals surface area contributed by atoms with Gasteiger partial charge in [0.05, 0.1) is 23.9 Å². The number of ether oxygens (including phenoxy) is 1. The molecule has 0 radical (unpaired) electrons. The van der Waals surface area contributed by atoms with Crippen LogP contribution >= 0.6 is 0 Å². The highest BCUT2D eigenvalue weighted by atomic mass is 19.4. The van der Waals surface area contributed by atoms with Gasteiger partial charge >= 0.3 is 6.18 Å². The average molecular weight is 516 g/mol. The van der Waals surface area contributed by atoms with Crippen molar-refractivity contribution in [1.82, 2.24) is 25.2 Å². The first kappa shape index (κ1) is 25.2. The van der Waals surface area contributed by atoms with Crippen LogP contribution in [0.15, 0.2) is 42.7 Å². The summed E-state index contributed by atoms with van der Waals surface area (Å²) in [7, 11) is 0. The minimum absolute atomic E-state index is 0.0365. The Morgan fingerprint density at radius 3 is 2.57 bits per heavy atom. The fraction of sp³-hybridized carbons (Fsp3) is 0.440. The van der Waals surface area contributed by atoms with Gasteiger partial charge in [0.2, 0.25) is 5.91 Å². The van der Waals surface area contributed by atoms with E-state index in [4.69, 9.17) is 9.72 Å². The Morgan fingerprint density at radius 2 is 1.86 bits per heavy atom. The smallest absolute Gasteiger partial charge is 0.374 e. The minimum atomic E-state index is -4.48. The third kappa shape index (κ3) is 6.25. The Morgan fingerprint density at radius 1 is 1.11 bits per heavy atom. The molecule has 2 aromatic heterocycles. The molecule has 0 aliphatic carbocycles. The largest absolute Gasteiger partial charge is 0.397 e. The van der Waals surface area contributed by atoms with Crippen LogP contribution in [0.5, 0.6) is 0 Å². The monoisotopic (exact) mass is 515 g/mol. The maximum Gasteiger partial charge on any atom is 0.397 e. The predicted molar refractivity (Wildman–Crippen MR) is 133 cm³/mol. The van der Waals surface area contributed by atoms with Crippen LogP contribution in [0.25, 0.3) is 22.3 Å². The maximum atomic E-state index is 12.5. The number of pyridine rings is 1. The van der Waals surface area contributed by atoms with Gasteiger partial charge in [-0.15, -0.1) is 0 Å². The molecule has 2 saturated heterocycles. The average Bonchev–Trinajstić information content (AvgIpc) is 2.91. The molecule has 0 unspecified atom stereocenters. The number of anilines is 2. The van der Waals surface area contributed by atoms with Gasteiger partial charge in [-0.1, -0.05) is 12.1 Å². The molecule has 2 aliphatic heterocycles. The van der Waals surface area contributed by atoms with Gasteiger partial charge in [0.15, 0.2) is 5.82 Å². The molecule has 2 N–H and O–H groups in total. The molecule has 0 saturated carbocycles. The predicted octanol–water partition coefficient (Wildman–Crippen LogP) is 2.69. The summed E-state index contributed by atoms with van der Waals surface area (Å²) in [5.74, 6) is -0.234. The van der Waals surface area contributed by atoms with Crippen molar-refractivity contribution in [2.24, 2.45) is 0 Å². The van der Waals surface area contributed by atoms with Crippen LogP contribution in [0.1, 0.15) is 6.42 Å². The van der Waals surface area contributed by atoms with Gasteiger partial charge in [-0.2, -0.15) is 13.2 Å². The molecular formula is C25H28F3N7O2. The van der Waals surface area contributed by atoms with E-state index in [1.807, 2.05) is 30.3 Å². The first-order valence-electron chi connectivity index (χ1n) is 12.2. The van der Waals surface area contributed by atoms with Crippen molar-refractivity contribution in [3.63, 3.8) is 0 Å². The Balaban J connectivity index is 1.28. The quantitative estimate of drug-likeness (QED) is 0.518. The Bertz CT molecular complexity index is 1230. The summed E-state index contributed by atoms with van der Waals surface area (Å²) in [6, 6.07) is 9.73. The van der Waals surface area contributed by atoms with Gasteiger partial charge in [-0.25, -0.2) is 9.97 Å². The lowest BCUT2D eigenvalue weighted by Gasteiger charge is -2.36. The van der Waals surface area contributed by atoms with Crippen LogP contribution in [0.2, 0.25) is 0 Å². The third-order valence-corrected chi connectivity index (χ3v) is 6.47. The van der Waals surface area contributed by atoms with Crippen LogP contribution in [0.3, 0.4) is 0 Å². The topological polar surface area (TPSA) is 95.5 Å². The number of alkyl halides is 3. The maximum absolute atomic E-state index is 12.5. The zero-order valence-electron chi connectivity index (χ0n) is 20.2. The third-order valence-electron chi connectivity index (χ3n) is 6.47. The van der Waals surface area contributed by atoms with Gasteiger partial charge < -0.3 is 25.2 Å². The Hall–Kier alpha value is -3.51. The number of aromatic nitrogens is 3. The Kier molecular flexibility index (Phi) is 7.38. The second-order valence-electron chi connectivity index (χ2n) is 9.06. The summed E-state index contributed by atoms with van der Waals surface area (Å²) in [5.41, 5.74) is 3.99. The molecule has 37 heavy (non-hydrogen) atoms. The van der Waals surface area contributed by atoms with Crippen molar-refractivity contribution in [3.05, 3.63) is 42.7 Å². The highest BCUT2D eigenvalue weighted by molar-refractivity contribution is 5.88. The Labute approximate surface area is 212 Å². The normalized spacial score (nSPS) is 18.7. The number of benzene rings is 1. The van der Waals surface area contributed by atoms with E-state index in [9.17, 15) is 18.0 Å². The fourth-order valence-corrected chi connectivity index (χ4v) is 4.54. The summed E-state index contributed by atoms with van der Waals surface area (Å²) in [6.45, 7) is 4.34. The molecule has 5 rings (SSSR count). The van der Waals surface area contributed by atoms with E-state index >= 15 is 0 Å². The molecule has 3 aromatic rings. The lowest BCUT2D eigenvalue weighted by Crippen LogP contribution is -2.49. The molecule has 1 aromatic carbocycles. The standard InChI is InChI=1S/C25H28F3N7O2/c26-25(27,28)14-22(36)35-10-8-34(9-11-35)18-3-1-17(2-4-18)20-13-21-23(31-6-5-30-21)24(33-20)32-16-19-15-29-7-12-37-19/h1-6,13,19,29H,7-12,14-16H2,(H,32,33)/t19-/m0/s1. The SMILES string of the molecule is O=C(CC(F)(F)F)N1CCN(c2ccc(-c3cc4nccnc4c(NC[C@@H]4CNCCO4)n3)cc2)CC1. The van der Waals surface area contributed by atoms with Gasteiger partial charge in [0.25, 0.3) is 0 Å². The van der Waals surface area contributed by atoms with Crippen LogP contribution in [0, 0.1) is 0 Å². The molecule has 0 bridgehead atoms. The highest BCUT2D eigenvalue weighted by Crippen LogP contribution is 2.28. The summed E-state index contributed by atoms with van der Waals surface area (Å²) in [4.78, 5) is 28.9. The van der Waals surface area contributed by atoms with Crippen molar-refractivity contribution in [3.8, 4) is 11.3 Å². The van der Waals surface area contributed by atoms with E-state index in [0.29, 0.717) is 37.6 Å². The summed E-state index contributed by atoms with van der Waals surface area (Å²) < 4.78 is 43.4. The number of hydrogen-bond donors (Lipinski definition) is 2. The number of carbonyl (C=O) groups is 1. The summed E-state index contributed by atoms with van der Waals surface area (Å²) in [5, 5.41) is 6.68. The van der Waals surface area contributed by atoms with Crippen LogP contribution in [-0.2, 0) is 9.53 Å². The summed E-state index contributed by atoms with van der Waals surface area (Å²) >= 11 is 0. The first-order valence-corrected chi connectivity index (χ1v) is 12.2. The molecule has 1 amide bonds. The zero-order chi connectivity index (χ0) is 25.8. The number of carbonyl (C=O) groups excluding carboxylic acids is 1. The molecule has 0 spiro atoms. The second kappa shape index (κ2) is 10.9. The van der Waals surface area contributed by atoms with E-state index in [2.05, 4.69) is 25.5 Å². The van der Waals surface area contributed by atoms with Crippen LogP contribution in [-0.4, -0.2) is 90.5 Å². The molecule has 12 heteroatoms. The molecule has 196 valence electrons. The minimum Gasteiger partial charge on any atom is -0.374 e. The molecule has 2 fully saturated rings. The number of morpholine rings is 1. The summed E-state index contributed by atoms with van der Waals surface area (Å²) in [6.07, 6.45) is -2.57. The highest BCUT2D eigenvalue weighted by Gasteiger charge is 2.34. The number of hydrogen-bond acceptors (Lipinski definition) is 8. The first-order chi connectivity index (χ1) is 17.9. The number of nitrogens with one attached hydrogen (secondary N) is 2. The number of fused-ring (bicyclic) bond motifs is 1. The second-order valence-corrected chi connectivity index (χ2v) is 9.06. The molecular weight excluding hydrogens is 487 g/mol. The fourth-order valence-electron chi connectivity index (χ4n) is 4.54. The van der Waals surface area contributed by atoms with Gasteiger partial charge in [0.1, 0.15) is 11.9 Å². The lowest BCUT2D eigenvalue weighted by molar-refractivity contribution is -0.161. The van der Waals surface area contributed by atoms with E-state index in [-0.39, 0.29) is 19.2 Å². The van der Waals surface area contributed by atoms with Crippen molar-refractivity contribution < 1.29 is 22.7 Å². The number of nitrogens with zero attached hydrogens (tertiary/aromatic N) is 5.